The first-order valence-electron chi connectivity index (χ1n) is 6.31. The fourth-order valence-electron chi connectivity index (χ4n) is 2.84. The zero-order chi connectivity index (χ0) is 12.5. The Morgan fingerprint density at radius 2 is 2.28 bits per heavy atom. The maximum absolute atomic E-state index is 11.6. The summed E-state index contributed by atoms with van der Waals surface area (Å²) in [5.74, 6) is 0.672. The molecule has 1 aromatic carbocycles. The molecule has 0 amide bonds. The first-order valence-corrected chi connectivity index (χ1v) is 6.31. The first kappa shape index (κ1) is 11.0. The second-order valence-electron chi connectivity index (χ2n) is 4.95. The molecule has 0 radical (unpaired) electrons. The number of Topliss-reactive ketones (excluding diaryl/α,β-unsaturated/α-hetero) is 1. The highest BCUT2D eigenvalue weighted by Gasteiger charge is 2.23. The molecule has 1 atom stereocenters. The molecule has 2 aromatic rings. The van der Waals surface area contributed by atoms with E-state index in [4.69, 9.17) is 5.26 Å². The van der Waals surface area contributed by atoms with Crippen LogP contribution >= 0.6 is 0 Å². The Hall–Kier alpha value is -2.08. The van der Waals surface area contributed by atoms with Crippen LogP contribution in [0.2, 0.25) is 0 Å². The number of hydrogen-bond donors (Lipinski definition) is 1. The number of aromatic amines is 1. The molecule has 1 heterocycles. The van der Waals surface area contributed by atoms with Crippen LogP contribution in [0, 0.1) is 11.3 Å². The number of H-pyrrole nitrogens is 1. The maximum atomic E-state index is 11.6. The molecule has 3 nitrogen and oxygen atoms in total. The summed E-state index contributed by atoms with van der Waals surface area (Å²) in [5.41, 5.74) is 2.91. The van der Waals surface area contributed by atoms with Crippen molar-refractivity contribution in [2.75, 3.05) is 0 Å². The van der Waals surface area contributed by atoms with Crippen LogP contribution in [-0.4, -0.2) is 10.8 Å². The second kappa shape index (κ2) is 4.30. The van der Waals surface area contributed by atoms with Crippen molar-refractivity contribution < 1.29 is 4.79 Å². The molecule has 0 bridgehead atoms. The van der Waals surface area contributed by atoms with Gasteiger partial charge in [-0.3, -0.25) is 4.79 Å². The molecular formula is C15H14N2O. The Morgan fingerprint density at radius 1 is 1.39 bits per heavy atom. The van der Waals surface area contributed by atoms with Crippen LogP contribution in [0.1, 0.15) is 42.7 Å². The van der Waals surface area contributed by atoms with Gasteiger partial charge in [0.15, 0.2) is 0 Å². The number of rotatable bonds is 1. The molecule has 90 valence electrons. The van der Waals surface area contributed by atoms with Crippen molar-refractivity contribution in [3.05, 3.63) is 35.5 Å². The van der Waals surface area contributed by atoms with Gasteiger partial charge >= 0.3 is 0 Å². The van der Waals surface area contributed by atoms with Gasteiger partial charge in [0, 0.05) is 29.9 Å². The van der Waals surface area contributed by atoms with Crippen LogP contribution in [0.4, 0.5) is 0 Å². The zero-order valence-electron chi connectivity index (χ0n) is 10.1. The van der Waals surface area contributed by atoms with Crippen LogP contribution < -0.4 is 0 Å². The van der Waals surface area contributed by atoms with Gasteiger partial charge in [0.25, 0.3) is 0 Å². The number of ketones is 1. The van der Waals surface area contributed by atoms with Gasteiger partial charge in [0.2, 0.25) is 0 Å². The van der Waals surface area contributed by atoms with E-state index in [2.05, 4.69) is 11.1 Å². The van der Waals surface area contributed by atoms with E-state index < -0.39 is 0 Å². The number of aromatic nitrogens is 1. The lowest BCUT2D eigenvalue weighted by molar-refractivity contribution is -0.120. The van der Waals surface area contributed by atoms with Crippen molar-refractivity contribution in [2.45, 2.75) is 31.6 Å². The van der Waals surface area contributed by atoms with Crippen molar-refractivity contribution in [2.24, 2.45) is 0 Å². The lowest BCUT2D eigenvalue weighted by Crippen LogP contribution is -2.13. The molecular weight excluding hydrogens is 224 g/mol. The lowest BCUT2D eigenvalue weighted by atomic mass is 9.83. The first-order chi connectivity index (χ1) is 8.78. The van der Waals surface area contributed by atoms with E-state index in [0.717, 1.165) is 30.2 Å². The van der Waals surface area contributed by atoms with Crippen LogP contribution in [0.15, 0.2) is 24.4 Å². The molecule has 1 fully saturated rings. The number of nitriles is 1. The maximum Gasteiger partial charge on any atom is 0.133 e. The summed E-state index contributed by atoms with van der Waals surface area (Å²) >= 11 is 0. The molecule has 1 unspecified atom stereocenters. The number of hydrogen-bond acceptors (Lipinski definition) is 2. The van der Waals surface area contributed by atoms with E-state index in [-0.39, 0.29) is 0 Å². The third-order valence-corrected chi connectivity index (χ3v) is 3.76. The van der Waals surface area contributed by atoms with Crippen molar-refractivity contribution in [3.8, 4) is 6.07 Å². The summed E-state index contributed by atoms with van der Waals surface area (Å²) in [4.78, 5) is 14.8. The summed E-state index contributed by atoms with van der Waals surface area (Å²) in [5, 5.41) is 10.1. The molecule has 1 aromatic heterocycles. The highest BCUT2D eigenvalue weighted by atomic mass is 16.1. The molecule has 0 spiro atoms. The topological polar surface area (TPSA) is 56.6 Å². The van der Waals surface area contributed by atoms with Gasteiger partial charge in [-0.2, -0.15) is 5.26 Å². The van der Waals surface area contributed by atoms with Crippen LogP contribution in [-0.2, 0) is 4.79 Å². The normalized spacial score (nSPS) is 19.9. The highest BCUT2D eigenvalue weighted by molar-refractivity contribution is 5.87. The fourth-order valence-corrected chi connectivity index (χ4v) is 2.84. The van der Waals surface area contributed by atoms with Gasteiger partial charge in [-0.25, -0.2) is 0 Å². The van der Waals surface area contributed by atoms with Crippen molar-refractivity contribution in [1.82, 2.24) is 4.98 Å². The standard InChI is InChI=1S/C15H14N2O/c16-8-10-4-5-15-13(6-10)14(9-17-15)11-2-1-3-12(18)7-11/h4-6,9,11,17H,1-3,7H2. The van der Waals surface area contributed by atoms with Gasteiger partial charge in [0.05, 0.1) is 11.6 Å². The SMILES string of the molecule is N#Cc1ccc2[nH]cc(C3CCCC(=O)C3)c2c1. The number of benzene rings is 1. The minimum Gasteiger partial charge on any atom is -0.361 e. The molecule has 3 rings (SSSR count). The van der Waals surface area contributed by atoms with E-state index in [1.54, 1.807) is 0 Å². The minimum atomic E-state index is 0.314. The Morgan fingerprint density at radius 3 is 3.06 bits per heavy atom. The summed E-state index contributed by atoms with van der Waals surface area (Å²) in [6.45, 7) is 0. The number of nitrogens with one attached hydrogen (secondary N) is 1. The zero-order valence-corrected chi connectivity index (χ0v) is 10.1. The summed E-state index contributed by atoms with van der Waals surface area (Å²) in [6.07, 6.45) is 5.41. The van der Waals surface area contributed by atoms with Crippen molar-refractivity contribution >= 4 is 16.7 Å². The summed E-state index contributed by atoms with van der Waals surface area (Å²) in [7, 11) is 0. The van der Waals surface area contributed by atoms with Gasteiger partial charge in [-0.05, 0) is 42.5 Å². The van der Waals surface area contributed by atoms with E-state index in [0.29, 0.717) is 23.7 Å². The van der Waals surface area contributed by atoms with E-state index in [9.17, 15) is 4.79 Å². The Labute approximate surface area is 105 Å². The molecule has 18 heavy (non-hydrogen) atoms. The van der Waals surface area contributed by atoms with Gasteiger partial charge < -0.3 is 4.98 Å². The fraction of sp³-hybridized carbons (Fsp3) is 0.333. The Balaban J connectivity index is 2.06. The third kappa shape index (κ3) is 1.80. The van der Waals surface area contributed by atoms with E-state index in [1.807, 2.05) is 24.4 Å². The molecule has 0 aliphatic heterocycles. The quantitative estimate of drug-likeness (QED) is 0.829. The predicted molar refractivity (Wildman–Crippen MR) is 69.2 cm³/mol. The Kier molecular flexibility index (Phi) is 2.64. The average molecular weight is 238 g/mol. The molecule has 1 aliphatic rings. The highest BCUT2D eigenvalue weighted by Crippen LogP contribution is 2.35. The minimum absolute atomic E-state index is 0.314. The number of nitrogens with zero attached hydrogens (tertiary/aromatic N) is 1. The number of carbonyl (C=O) groups excluding carboxylic acids is 1. The van der Waals surface area contributed by atoms with E-state index >= 15 is 0 Å². The Bertz CT molecular complexity index is 648. The van der Waals surface area contributed by atoms with Gasteiger partial charge in [-0.1, -0.05) is 0 Å². The largest absolute Gasteiger partial charge is 0.361 e. The van der Waals surface area contributed by atoms with Crippen molar-refractivity contribution in [1.29, 1.82) is 5.26 Å². The predicted octanol–water partition coefficient (Wildman–Crippen LogP) is 3.27. The second-order valence-corrected chi connectivity index (χ2v) is 4.95. The van der Waals surface area contributed by atoms with Crippen LogP contribution in [0.5, 0.6) is 0 Å². The molecule has 1 saturated carbocycles. The van der Waals surface area contributed by atoms with Crippen LogP contribution in [0.25, 0.3) is 10.9 Å². The number of carbonyl (C=O) groups is 1. The molecule has 1 aliphatic carbocycles. The van der Waals surface area contributed by atoms with Gasteiger partial charge in [0.1, 0.15) is 5.78 Å². The smallest absolute Gasteiger partial charge is 0.133 e. The monoisotopic (exact) mass is 238 g/mol. The summed E-state index contributed by atoms with van der Waals surface area (Å²) in [6, 6.07) is 7.83. The van der Waals surface area contributed by atoms with Crippen LogP contribution in [0.3, 0.4) is 0 Å². The molecule has 1 N–H and O–H groups in total. The molecule has 0 saturated heterocycles. The summed E-state index contributed by atoms with van der Waals surface area (Å²) < 4.78 is 0. The number of fused-ring (bicyclic) bond motifs is 1. The third-order valence-electron chi connectivity index (χ3n) is 3.76. The average Bonchev–Trinajstić information content (AvgIpc) is 2.81. The lowest BCUT2D eigenvalue weighted by Gasteiger charge is -2.20. The van der Waals surface area contributed by atoms with Crippen molar-refractivity contribution in [3.63, 3.8) is 0 Å². The van der Waals surface area contributed by atoms with Gasteiger partial charge in [-0.15, -0.1) is 0 Å². The van der Waals surface area contributed by atoms with E-state index in [1.165, 1.54) is 5.56 Å². The molecule has 3 heteroatoms.